The summed E-state index contributed by atoms with van der Waals surface area (Å²) in [6, 6.07) is 0. The monoisotopic (exact) mass is 144 g/mol. The van der Waals surface area contributed by atoms with Gasteiger partial charge in [-0.05, 0) is 34.6 Å². The molecule has 1 saturated heterocycles. The van der Waals surface area contributed by atoms with Crippen LogP contribution in [0.1, 0.15) is 34.6 Å². The van der Waals surface area contributed by atoms with Crippen molar-refractivity contribution in [2.24, 2.45) is 0 Å². The lowest BCUT2D eigenvalue weighted by molar-refractivity contribution is -0.0574. The van der Waals surface area contributed by atoms with Crippen molar-refractivity contribution >= 4 is 0 Å². The van der Waals surface area contributed by atoms with E-state index in [1.807, 2.05) is 34.6 Å². The molecule has 0 aliphatic carbocycles. The predicted molar refractivity (Wildman–Crippen MR) is 39.8 cm³/mol. The summed E-state index contributed by atoms with van der Waals surface area (Å²) < 4.78 is 10.8. The van der Waals surface area contributed by atoms with Gasteiger partial charge in [-0.2, -0.15) is 0 Å². The second kappa shape index (κ2) is 1.95. The van der Waals surface area contributed by atoms with Gasteiger partial charge in [0.1, 0.15) is 5.60 Å². The highest BCUT2D eigenvalue weighted by Gasteiger charge is 2.50. The third kappa shape index (κ3) is 1.96. The maximum absolute atomic E-state index is 5.54. The number of hydrogen-bond donors (Lipinski definition) is 0. The molecule has 60 valence electrons. The van der Waals surface area contributed by atoms with Crippen molar-refractivity contribution in [3.05, 3.63) is 0 Å². The molecular weight excluding hydrogens is 128 g/mol. The molecule has 1 fully saturated rings. The molecular formula is C8H16O2. The normalized spacial score (nSPS) is 30.3. The molecule has 10 heavy (non-hydrogen) atoms. The fourth-order valence-corrected chi connectivity index (χ4v) is 0.729. The smallest absolute Gasteiger partial charge is 0.187 e. The SMILES string of the molecule is CC(C)(C)OC1OC1(C)C. The van der Waals surface area contributed by atoms with Crippen molar-refractivity contribution in [1.29, 1.82) is 0 Å². The zero-order valence-corrected chi connectivity index (χ0v) is 7.39. The van der Waals surface area contributed by atoms with Crippen LogP contribution >= 0.6 is 0 Å². The van der Waals surface area contributed by atoms with Gasteiger partial charge >= 0.3 is 0 Å². The van der Waals surface area contributed by atoms with E-state index in [1.165, 1.54) is 0 Å². The summed E-state index contributed by atoms with van der Waals surface area (Å²) in [7, 11) is 0. The minimum atomic E-state index is -0.0849. The molecule has 0 saturated carbocycles. The highest BCUT2D eigenvalue weighted by molar-refractivity contribution is 4.89. The van der Waals surface area contributed by atoms with Crippen LogP contribution in [0.3, 0.4) is 0 Å². The molecule has 0 radical (unpaired) electrons. The van der Waals surface area contributed by atoms with Gasteiger partial charge in [-0.25, -0.2) is 0 Å². The van der Waals surface area contributed by atoms with Gasteiger partial charge in [0.2, 0.25) is 0 Å². The molecule has 0 amide bonds. The first kappa shape index (κ1) is 8.02. The van der Waals surface area contributed by atoms with E-state index in [-0.39, 0.29) is 17.5 Å². The van der Waals surface area contributed by atoms with Gasteiger partial charge in [-0.1, -0.05) is 0 Å². The van der Waals surface area contributed by atoms with Crippen LogP contribution in [0.25, 0.3) is 0 Å². The van der Waals surface area contributed by atoms with Crippen molar-refractivity contribution in [2.45, 2.75) is 52.1 Å². The van der Waals surface area contributed by atoms with Crippen LogP contribution in [0, 0.1) is 0 Å². The van der Waals surface area contributed by atoms with E-state index in [4.69, 9.17) is 9.47 Å². The Morgan fingerprint density at radius 3 is 1.80 bits per heavy atom. The Balaban J connectivity index is 2.31. The molecule has 0 bridgehead atoms. The zero-order valence-electron chi connectivity index (χ0n) is 7.39. The molecule has 0 spiro atoms. The lowest BCUT2D eigenvalue weighted by Gasteiger charge is -2.18. The van der Waals surface area contributed by atoms with E-state index in [1.54, 1.807) is 0 Å². The number of hydrogen-bond acceptors (Lipinski definition) is 2. The molecule has 1 heterocycles. The first-order valence-corrected chi connectivity index (χ1v) is 3.67. The Morgan fingerprint density at radius 1 is 1.30 bits per heavy atom. The van der Waals surface area contributed by atoms with E-state index in [9.17, 15) is 0 Å². The van der Waals surface area contributed by atoms with Crippen LogP contribution in [0.15, 0.2) is 0 Å². The average molecular weight is 144 g/mol. The van der Waals surface area contributed by atoms with Crippen molar-refractivity contribution in [3.63, 3.8) is 0 Å². The first-order chi connectivity index (χ1) is 4.31. The third-order valence-corrected chi connectivity index (χ3v) is 1.38. The Labute approximate surface area is 62.5 Å². The molecule has 1 aliphatic rings. The van der Waals surface area contributed by atoms with Gasteiger partial charge in [-0.3, -0.25) is 0 Å². The van der Waals surface area contributed by atoms with Crippen molar-refractivity contribution in [2.75, 3.05) is 0 Å². The predicted octanol–water partition coefficient (Wildman–Crippen LogP) is 1.94. The van der Waals surface area contributed by atoms with E-state index < -0.39 is 0 Å². The largest absolute Gasteiger partial charge is 0.344 e. The minimum absolute atomic E-state index is 0.00694. The van der Waals surface area contributed by atoms with Crippen LogP contribution in [-0.4, -0.2) is 17.5 Å². The summed E-state index contributed by atoms with van der Waals surface area (Å²) in [6.45, 7) is 10.2. The van der Waals surface area contributed by atoms with Crippen molar-refractivity contribution in [1.82, 2.24) is 0 Å². The zero-order chi connectivity index (χ0) is 7.99. The minimum Gasteiger partial charge on any atom is -0.344 e. The average Bonchev–Trinajstić information content (AvgIpc) is 2.05. The van der Waals surface area contributed by atoms with E-state index in [0.717, 1.165) is 0 Å². The summed E-state index contributed by atoms with van der Waals surface area (Å²) in [6.07, 6.45) is 0.00694. The summed E-state index contributed by atoms with van der Waals surface area (Å²) in [5.41, 5.74) is -0.133. The van der Waals surface area contributed by atoms with Gasteiger partial charge in [0.15, 0.2) is 6.29 Å². The quantitative estimate of drug-likeness (QED) is 0.524. The number of ether oxygens (including phenoxy) is 2. The molecule has 1 unspecified atom stereocenters. The molecule has 0 N–H and O–H groups in total. The Hall–Kier alpha value is -0.0800. The highest BCUT2D eigenvalue weighted by Crippen LogP contribution is 2.38. The molecule has 1 aliphatic heterocycles. The summed E-state index contributed by atoms with van der Waals surface area (Å²) in [5, 5.41) is 0. The fourth-order valence-electron chi connectivity index (χ4n) is 0.729. The standard InChI is InChI=1S/C8H16O2/c1-7(2,3)9-6-8(4,5)10-6/h6H,1-5H3. The number of epoxide rings is 1. The van der Waals surface area contributed by atoms with Crippen molar-refractivity contribution < 1.29 is 9.47 Å². The third-order valence-electron chi connectivity index (χ3n) is 1.38. The summed E-state index contributed by atoms with van der Waals surface area (Å²) >= 11 is 0. The lowest BCUT2D eigenvalue weighted by atomic mass is 10.2. The lowest BCUT2D eigenvalue weighted by Crippen LogP contribution is -2.23. The van der Waals surface area contributed by atoms with E-state index in [0.29, 0.717) is 0 Å². The first-order valence-electron chi connectivity index (χ1n) is 3.67. The maximum atomic E-state index is 5.54. The topological polar surface area (TPSA) is 21.8 Å². The Kier molecular flexibility index (Phi) is 1.57. The highest BCUT2D eigenvalue weighted by atomic mass is 16.8. The van der Waals surface area contributed by atoms with Crippen LogP contribution in [0.4, 0.5) is 0 Å². The van der Waals surface area contributed by atoms with Crippen LogP contribution < -0.4 is 0 Å². The van der Waals surface area contributed by atoms with E-state index >= 15 is 0 Å². The summed E-state index contributed by atoms with van der Waals surface area (Å²) in [5.74, 6) is 0. The second-order valence-electron chi connectivity index (χ2n) is 4.28. The maximum Gasteiger partial charge on any atom is 0.187 e. The van der Waals surface area contributed by atoms with Crippen LogP contribution in [0.5, 0.6) is 0 Å². The second-order valence-corrected chi connectivity index (χ2v) is 4.28. The van der Waals surface area contributed by atoms with Gasteiger partial charge < -0.3 is 9.47 Å². The molecule has 1 rings (SSSR count). The van der Waals surface area contributed by atoms with Gasteiger partial charge in [0, 0.05) is 0 Å². The molecule has 0 aromatic carbocycles. The molecule has 2 heteroatoms. The Bertz CT molecular complexity index is 133. The molecule has 0 aromatic heterocycles. The number of rotatable bonds is 1. The van der Waals surface area contributed by atoms with Gasteiger partial charge in [-0.15, -0.1) is 0 Å². The molecule has 1 atom stereocenters. The summed E-state index contributed by atoms with van der Waals surface area (Å²) in [4.78, 5) is 0. The van der Waals surface area contributed by atoms with Gasteiger partial charge in [0.05, 0.1) is 5.60 Å². The van der Waals surface area contributed by atoms with Crippen molar-refractivity contribution in [3.8, 4) is 0 Å². The van der Waals surface area contributed by atoms with Gasteiger partial charge in [0.25, 0.3) is 0 Å². The fraction of sp³-hybridized carbons (Fsp3) is 1.00. The van der Waals surface area contributed by atoms with Crippen LogP contribution in [-0.2, 0) is 9.47 Å². The molecule has 0 aromatic rings. The van der Waals surface area contributed by atoms with Crippen LogP contribution in [0.2, 0.25) is 0 Å². The van der Waals surface area contributed by atoms with E-state index in [2.05, 4.69) is 0 Å². The Morgan fingerprint density at radius 2 is 1.70 bits per heavy atom. The molecule has 2 nitrogen and oxygen atoms in total.